The quantitative estimate of drug-likeness (QED) is 0.806. The molecule has 0 spiro atoms. The summed E-state index contributed by atoms with van der Waals surface area (Å²) in [6, 6.07) is 5.65. The molecule has 0 amide bonds. The van der Waals surface area contributed by atoms with Crippen LogP contribution in [0, 0.1) is 0 Å². The maximum atomic E-state index is 5.58. The van der Waals surface area contributed by atoms with Crippen molar-refractivity contribution < 1.29 is 4.74 Å². The molecule has 2 aromatic heterocycles. The minimum Gasteiger partial charge on any atom is -0.478 e. The van der Waals surface area contributed by atoms with Gasteiger partial charge >= 0.3 is 0 Å². The van der Waals surface area contributed by atoms with Gasteiger partial charge in [0.15, 0.2) is 0 Å². The van der Waals surface area contributed by atoms with Crippen molar-refractivity contribution in [3.63, 3.8) is 0 Å². The molecule has 2 aromatic rings. The Labute approximate surface area is 106 Å². The molecule has 0 fully saturated rings. The van der Waals surface area contributed by atoms with E-state index in [9.17, 15) is 0 Å². The number of anilines is 2. The van der Waals surface area contributed by atoms with E-state index in [0.717, 1.165) is 18.9 Å². The van der Waals surface area contributed by atoms with Crippen molar-refractivity contribution in [1.82, 2.24) is 14.8 Å². The molecule has 0 aliphatic heterocycles. The van der Waals surface area contributed by atoms with Gasteiger partial charge in [-0.05, 0) is 13.0 Å². The smallest absolute Gasteiger partial charge is 0.215 e. The van der Waals surface area contributed by atoms with E-state index in [1.807, 2.05) is 25.1 Å². The lowest BCUT2D eigenvalue weighted by Gasteiger charge is -2.07. The van der Waals surface area contributed by atoms with Gasteiger partial charge in [0.05, 0.1) is 25.0 Å². The largest absolute Gasteiger partial charge is 0.478 e. The Kier molecular flexibility index (Phi) is 4.01. The van der Waals surface area contributed by atoms with Crippen LogP contribution in [0.5, 0.6) is 5.88 Å². The van der Waals surface area contributed by atoms with Crippen molar-refractivity contribution in [2.75, 3.05) is 24.2 Å². The zero-order valence-corrected chi connectivity index (χ0v) is 10.3. The monoisotopic (exact) mass is 247 g/mol. The second-order valence-corrected chi connectivity index (χ2v) is 3.76. The summed E-state index contributed by atoms with van der Waals surface area (Å²) in [7, 11) is 0. The Morgan fingerprint density at radius 2 is 2.33 bits per heavy atom. The van der Waals surface area contributed by atoms with E-state index in [-0.39, 0.29) is 0 Å². The van der Waals surface area contributed by atoms with Crippen molar-refractivity contribution in [1.29, 1.82) is 0 Å². The summed E-state index contributed by atoms with van der Waals surface area (Å²) in [5, 5.41) is 7.31. The van der Waals surface area contributed by atoms with Crippen LogP contribution in [0.15, 0.2) is 30.6 Å². The van der Waals surface area contributed by atoms with Gasteiger partial charge in [-0.3, -0.25) is 4.68 Å². The standard InChI is InChI=1S/C12H17N5O/c1-2-18-12-5-3-4-11(16-12)14-6-7-17-9-10(13)8-15-17/h3-5,8-9H,2,6-7,13H2,1H3,(H,14,16). The van der Waals surface area contributed by atoms with E-state index in [0.29, 0.717) is 18.2 Å². The molecule has 6 heteroatoms. The summed E-state index contributed by atoms with van der Waals surface area (Å²) in [4.78, 5) is 4.31. The minimum atomic E-state index is 0.614. The van der Waals surface area contributed by atoms with Crippen LogP contribution in [0.2, 0.25) is 0 Å². The molecule has 6 nitrogen and oxygen atoms in total. The zero-order valence-electron chi connectivity index (χ0n) is 10.3. The highest BCUT2D eigenvalue weighted by Gasteiger charge is 1.98. The lowest BCUT2D eigenvalue weighted by Crippen LogP contribution is -2.11. The highest BCUT2D eigenvalue weighted by atomic mass is 16.5. The van der Waals surface area contributed by atoms with Gasteiger partial charge in [-0.2, -0.15) is 10.1 Å². The van der Waals surface area contributed by atoms with E-state index >= 15 is 0 Å². The van der Waals surface area contributed by atoms with Crippen LogP contribution in [0.25, 0.3) is 0 Å². The zero-order chi connectivity index (χ0) is 12.8. The van der Waals surface area contributed by atoms with Crippen molar-refractivity contribution in [2.24, 2.45) is 0 Å². The number of hydrogen-bond acceptors (Lipinski definition) is 5. The molecule has 0 radical (unpaired) electrons. The normalized spacial score (nSPS) is 10.3. The van der Waals surface area contributed by atoms with Crippen molar-refractivity contribution in [2.45, 2.75) is 13.5 Å². The Bertz CT molecular complexity index is 497. The first-order valence-electron chi connectivity index (χ1n) is 5.89. The third-order valence-corrected chi connectivity index (χ3v) is 2.32. The molecule has 2 rings (SSSR count). The van der Waals surface area contributed by atoms with E-state index in [2.05, 4.69) is 15.4 Å². The third kappa shape index (κ3) is 3.38. The Balaban J connectivity index is 1.84. The highest BCUT2D eigenvalue weighted by Crippen LogP contribution is 2.11. The van der Waals surface area contributed by atoms with Gasteiger partial charge in [0, 0.05) is 18.8 Å². The summed E-state index contributed by atoms with van der Waals surface area (Å²) in [5.41, 5.74) is 6.25. The summed E-state index contributed by atoms with van der Waals surface area (Å²) in [6.45, 7) is 4.01. The van der Waals surface area contributed by atoms with Crippen LogP contribution in [0.1, 0.15) is 6.92 Å². The Hall–Kier alpha value is -2.24. The second-order valence-electron chi connectivity index (χ2n) is 3.76. The molecule has 0 bridgehead atoms. The van der Waals surface area contributed by atoms with Gasteiger partial charge in [0.25, 0.3) is 0 Å². The Morgan fingerprint density at radius 3 is 3.06 bits per heavy atom. The number of ether oxygens (including phenoxy) is 1. The number of nitrogens with zero attached hydrogens (tertiary/aromatic N) is 3. The SMILES string of the molecule is CCOc1cccc(NCCn2cc(N)cn2)n1. The molecule has 0 saturated carbocycles. The number of rotatable bonds is 6. The van der Waals surface area contributed by atoms with Crippen molar-refractivity contribution in [3.05, 3.63) is 30.6 Å². The third-order valence-electron chi connectivity index (χ3n) is 2.32. The number of nitrogens with one attached hydrogen (secondary N) is 1. The van der Waals surface area contributed by atoms with Crippen LogP contribution >= 0.6 is 0 Å². The van der Waals surface area contributed by atoms with E-state index < -0.39 is 0 Å². The lowest BCUT2D eigenvalue weighted by atomic mass is 10.4. The fraction of sp³-hybridized carbons (Fsp3) is 0.333. The fourth-order valence-corrected chi connectivity index (χ4v) is 1.54. The van der Waals surface area contributed by atoms with Gasteiger partial charge in [-0.1, -0.05) is 6.07 Å². The summed E-state index contributed by atoms with van der Waals surface area (Å²) < 4.78 is 7.12. The molecule has 96 valence electrons. The van der Waals surface area contributed by atoms with Crippen LogP contribution in [0.3, 0.4) is 0 Å². The number of nitrogens with two attached hydrogens (primary N) is 1. The first kappa shape index (κ1) is 12.2. The minimum absolute atomic E-state index is 0.614. The first-order chi connectivity index (χ1) is 8.78. The fourth-order valence-electron chi connectivity index (χ4n) is 1.54. The number of hydrogen-bond donors (Lipinski definition) is 2. The topological polar surface area (TPSA) is 78.0 Å². The van der Waals surface area contributed by atoms with E-state index in [1.54, 1.807) is 17.1 Å². The Morgan fingerprint density at radius 1 is 1.44 bits per heavy atom. The van der Waals surface area contributed by atoms with Gasteiger partial charge < -0.3 is 15.8 Å². The average Bonchev–Trinajstić information content (AvgIpc) is 2.76. The number of aromatic nitrogens is 3. The maximum absolute atomic E-state index is 5.58. The summed E-state index contributed by atoms with van der Waals surface area (Å²) >= 11 is 0. The molecule has 0 atom stereocenters. The molecular weight excluding hydrogens is 230 g/mol. The molecule has 0 aromatic carbocycles. The van der Waals surface area contributed by atoms with Crippen LogP contribution in [0.4, 0.5) is 11.5 Å². The van der Waals surface area contributed by atoms with Gasteiger partial charge in [-0.25, -0.2) is 0 Å². The average molecular weight is 247 g/mol. The molecule has 2 heterocycles. The number of pyridine rings is 1. The van der Waals surface area contributed by atoms with Crippen LogP contribution < -0.4 is 15.8 Å². The molecule has 0 aliphatic rings. The first-order valence-corrected chi connectivity index (χ1v) is 5.89. The maximum Gasteiger partial charge on any atom is 0.215 e. The lowest BCUT2D eigenvalue weighted by molar-refractivity contribution is 0.327. The molecule has 18 heavy (non-hydrogen) atoms. The van der Waals surface area contributed by atoms with Gasteiger partial charge in [0.1, 0.15) is 5.82 Å². The van der Waals surface area contributed by atoms with E-state index in [4.69, 9.17) is 10.5 Å². The van der Waals surface area contributed by atoms with Crippen LogP contribution in [-0.4, -0.2) is 27.9 Å². The summed E-state index contributed by atoms with van der Waals surface area (Å²) in [6.07, 6.45) is 3.43. The predicted molar refractivity (Wildman–Crippen MR) is 70.5 cm³/mol. The predicted octanol–water partition coefficient (Wildman–Crippen LogP) is 1.37. The highest BCUT2D eigenvalue weighted by molar-refractivity contribution is 5.37. The molecule has 0 unspecified atom stereocenters. The summed E-state index contributed by atoms with van der Waals surface area (Å²) in [5.74, 6) is 1.42. The van der Waals surface area contributed by atoms with Crippen molar-refractivity contribution in [3.8, 4) is 5.88 Å². The molecular formula is C12H17N5O. The second kappa shape index (κ2) is 5.90. The van der Waals surface area contributed by atoms with Gasteiger partial charge in [0.2, 0.25) is 5.88 Å². The van der Waals surface area contributed by atoms with E-state index in [1.165, 1.54) is 0 Å². The molecule has 3 N–H and O–H groups in total. The number of nitrogen functional groups attached to an aromatic ring is 1. The molecule has 0 saturated heterocycles. The van der Waals surface area contributed by atoms with Crippen LogP contribution in [-0.2, 0) is 6.54 Å². The van der Waals surface area contributed by atoms with Crippen molar-refractivity contribution >= 4 is 11.5 Å². The molecule has 0 aliphatic carbocycles. The van der Waals surface area contributed by atoms with Gasteiger partial charge in [-0.15, -0.1) is 0 Å².